The van der Waals surface area contributed by atoms with Crippen LogP contribution in [0.3, 0.4) is 0 Å². The van der Waals surface area contributed by atoms with Gasteiger partial charge in [0.15, 0.2) is 0 Å². The summed E-state index contributed by atoms with van der Waals surface area (Å²) in [5.74, 6) is -0.414. The number of halogens is 1. The standard InChI is InChI=1S/C11H16FN3O2S/c1-14-4-5-15(18(14,16)17)8-10-3-2-9(7-13)6-11(10)12/h2-3,6H,4-5,7-8,13H2,1H3. The van der Waals surface area contributed by atoms with Crippen molar-refractivity contribution in [3.8, 4) is 0 Å². The Kier molecular flexibility index (Phi) is 3.67. The lowest BCUT2D eigenvalue weighted by Gasteiger charge is -2.16. The normalized spacial score (nSPS) is 20.4. The third-order valence-corrected chi connectivity index (χ3v) is 5.02. The molecule has 1 aromatic carbocycles. The predicted molar refractivity (Wildman–Crippen MR) is 66.3 cm³/mol. The van der Waals surface area contributed by atoms with Crippen LogP contribution >= 0.6 is 0 Å². The molecule has 7 heteroatoms. The fraction of sp³-hybridized carbons (Fsp3) is 0.455. The van der Waals surface area contributed by atoms with Gasteiger partial charge in [0, 0.05) is 38.8 Å². The molecular weight excluding hydrogens is 257 g/mol. The van der Waals surface area contributed by atoms with Crippen LogP contribution in [0.4, 0.5) is 4.39 Å². The van der Waals surface area contributed by atoms with Crippen molar-refractivity contribution in [2.45, 2.75) is 13.1 Å². The Morgan fingerprint density at radius 1 is 1.39 bits per heavy atom. The Hall–Kier alpha value is -1.02. The summed E-state index contributed by atoms with van der Waals surface area (Å²) >= 11 is 0. The molecule has 0 atom stereocenters. The molecule has 1 heterocycles. The highest BCUT2D eigenvalue weighted by molar-refractivity contribution is 7.86. The number of hydrogen-bond acceptors (Lipinski definition) is 3. The average molecular weight is 273 g/mol. The Bertz CT molecular complexity index is 547. The van der Waals surface area contributed by atoms with Crippen molar-refractivity contribution in [3.05, 3.63) is 35.1 Å². The van der Waals surface area contributed by atoms with Crippen molar-refractivity contribution in [3.63, 3.8) is 0 Å². The molecule has 18 heavy (non-hydrogen) atoms. The third-order valence-electron chi connectivity index (χ3n) is 3.08. The highest BCUT2D eigenvalue weighted by Gasteiger charge is 2.33. The zero-order chi connectivity index (χ0) is 13.3. The molecule has 2 N–H and O–H groups in total. The van der Waals surface area contributed by atoms with Crippen LogP contribution in [0.25, 0.3) is 0 Å². The molecule has 1 aliphatic rings. The molecule has 5 nitrogen and oxygen atoms in total. The Balaban J connectivity index is 2.20. The quantitative estimate of drug-likeness (QED) is 0.860. The molecule has 1 saturated heterocycles. The van der Waals surface area contributed by atoms with Gasteiger partial charge in [-0.1, -0.05) is 12.1 Å². The van der Waals surface area contributed by atoms with Gasteiger partial charge in [0.25, 0.3) is 10.2 Å². The van der Waals surface area contributed by atoms with E-state index in [1.807, 2.05) is 0 Å². The van der Waals surface area contributed by atoms with Crippen LogP contribution in [0.15, 0.2) is 18.2 Å². The zero-order valence-electron chi connectivity index (χ0n) is 10.1. The van der Waals surface area contributed by atoms with E-state index in [0.29, 0.717) is 24.2 Å². The molecule has 0 aliphatic carbocycles. The second-order valence-electron chi connectivity index (χ2n) is 4.29. The minimum atomic E-state index is -3.42. The van der Waals surface area contributed by atoms with Crippen molar-refractivity contribution >= 4 is 10.2 Å². The summed E-state index contributed by atoms with van der Waals surface area (Å²) in [6, 6.07) is 4.65. The van der Waals surface area contributed by atoms with E-state index < -0.39 is 16.0 Å². The first-order valence-electron chi connectivity index (χ1n) is 5.64. The van der Waals surface area contributed by atoms with Crippen LogP contribution in [0.1, 0.15) is 11.1 Å². The molecule has 100 valence electrons. The monoisotopic (exact) mass is 273 g/mol. The van der Waals surface area contributed by atoms with E-state index >= 15 is 0 Å². The summed E-state index contributed by atoms with van der Waals surface area (Å²) in [7, 11) is -1.90. The second kappa shape index (κ2) is 4.93. The van der Waals surface area contributed by atoms with Gasteiger partial charge in [-0.3, -0.25) is 0 Å². The molecule has 1 aromatic rings. The van der Waals surface area contributed by atoms with Crippen LogP contribution in [0.2, 0.25) is 0 Å². The molecule has 0 saturated carbocycles. The van der Waals surface area contributed by atoms with Crippen molar-refractivity contribution in [2.24, 2.45) is 5.73 Å². The van der Waals surface area contributed by atoms with E-state index in [4.69, 9.17) is 5.73 Å². The van der Waals surface area contributed by atoms with Gasteiger partial charge in [0.05, 0.1) is 0 Å². The predicted octanol–water partition coefficient (Wildman–Crippen LogP) is 0.277. The molecule has 0 amide bonds. The molecule has 2 rings (SSSR count). The number of hydrogen-bond donors (Lipinski definition) is 1. The van der Waals surface area contributed by atoms with Gasteiger partial charge < -0.3 is 5.73 Å². The number of nitrogens with two attached hydrogens (primary N) is 1. The SMILES string of the molecule is CN1CCN(Cc2ccc(CN)cc2F)S1(=O)=O. The molecule has 0 spiro atoms. The average Bonchev–Trinajstić information content (AvgIpc) is 2.58. The van der Waals surface area contributed by atoms with Gasteiger partial charge in [-0.25, -0.2) is 4.39 Å². The van der Waals surface area contributed by atoms with E-state index in [-0.39, 0.29) is 13.1 Å². The molecule has 0 unspecified atom stereocenters. The maximum Gasteiger partial charge on any atom is 0.282 e. The van der Waals surface area contributed by atoms with Crippen LogP contribution < -0.4 is 5.73 Å². The van der Waals surface area contributed by atoms with Gasteiger partial charge >= 0.3 is 0 Å². The van der Waals surface area contributed by atoms with Crippen molar-refractivity contribution in [1.29, 1.82) is 0 Å². The van der Waals surface area contributed by atoms with Gasteiger partial charge in [-0.15, -0.1) is 0 Å². The van der Waals surface area contributed by atoms with Crippen LogP contribution in [0, 0.1) is 5.82 Å². The molecular formula is C11H16FN3O2S. The summed E-state index contributed by atoms with van der Waals surface area (Å²) in [4.78, 5) is 0. The fourth-order valence-electron chi connectivity index (χ4n) is 1.88. The van der Waals surface area contributed by atoms with E-state index in [9.17, 15) is 12.8 Å². The van der Waals surface area contributed by atoms with Gasteiger partial charge in [0.1, 0.15) is 5.82 Å². The zero-order valence-corrected chi connectivity index (χ0v) is 11.0. The summed E-state index contributed by atoms with van der Waals surface area (Å²) in [5, 5.41) is 0. The number of rotatable bonds is 3. The Morgan fingerprint density at radius 2 is 2.11 bits per heavy atom. The summed E-state index contributed by atoms with van der Waals surface area (Å²) < 4.78 is 40.0. The van der Waals surface area contributed by atoms with Crippen molar-refractivity contribution < 1.29 is 12.8 Å². The molecule has 0 bridgehead atoms. The minimum absolute atomic E-state index is 0.0589. The highest BCUT2D eigenvalue weighted by Crippen LogP contribution is 2.19. The highest BCUT2D eigenvalue weighted by atomic mass is 32.2. The Labute approximate surface area is 106 Å². The summed E-state index contributed by atoms with van der Waals surface area (Å²) in [6.07, 6.45) is 0. The lowest BCUT2D eigenvalue weighted by Crippen LogP contribution is -2.30. The van der Waals surface area contributed by atoms with Crippen LogP contribution in [-0.4, -0.2) is 37.2 Å². The lowest BCUT2D eigenvalue weighted by molar-refractivity contribution is 0.435. The topological polar surface area (TPSA) is 66.6 Å². The van der Waals surface area contributed by atoms with E-state index in [2.05, 4.69) is 0 Å². The van der Waals surface area contributed by atoms with E-state index in [1.54, 1.807) is 12.1 Å². The number of nitrogens with zero attached hydrogens (tertiary/aromatic N) is 2. The largest absolute Gasteiger partial charge is 0.326 e. The minimum Gasteiger partial charge on any atom is -0.326 e. The van der Waals surface area contributed by atoms with E-state index in [1.165, 1.54) is 21.7 Å². The number of likely N-dealkylation sites (N-methyl/N-ethyl adjacent to an activating group) is 1. The van der Waals surface area contributed by atoms with Gasteiger partial charge in [0.2, 0.25) is 0 Å². The van der Waals surface area contributed by atoms with Crippen LogP contribution in [-0.2, 0) is 23.3 Å². The molecule has 1 fully saturated rings. The van der Waals surface area contributed by atoms with Gasteiger partial charge in [-0.05, 0) is 11.6 Å². The summed E-state index contributed by atoms with van der Waals surface area (Å²) in [6.45, 7) is 1.15. The Morgan fingerprint density at radius 3 is 2.61 bits per heavy atom. The second-order valence-corrected chi connectivity index (χ2v) is 6.33. The van der Waals surface area contributed by atoms with Crippen LogP contribution in [0.5, 0.6) is 0 Å². The molecule has 1 aliphatic heterocycles. The van der Waals surface area contributed by atoms with Gasteiger partial charge in [-0.2, -0.15) is 17.0 Å². The maximum atomic E-state index is 13.7. The summed E-state index contributed by atoms with van der Waals surface area (Å²) in [5.41, 5.74) is 6.47. The third kappa shape index (κ3) is 2.39. The van der Waals surface area contributed by atoms with E-state index in [0.717, 1.165) is 0 Å². The fourth-order valence-corrected chi connectivity index (χ4v) is 3.20. The molecule has 0 radical (unpaired) electrons. The van der Waals surface area contributed by atoms with Crippen molar-refractivity contribution in [1.82, 2.24) is 8.61 Å². The lowest BCUT2D eigenvalue weighted by atomic mass is 10.1. The first kappa shape index (κ1) is 13.4. The maximum absolute atomic E-state index is 13.7. The smallest absolute Gasteiger partial charge is 0.282 e. The number of benzene rings is 1. The van der Waals surface area contributed by atoms with Crippen molar-refractivity contribution in [2.75, 3.05) is 20.1 Å². The first-order chi connectivity index (χ1) is 8.45. The molecule has 0 aromatic heterocycles. The first-order valence-corrected chi connectivity index (χ1v) is 7.03.